The van der Waals surface area contributed by atoms with E-state index in [-0.39, 0.29) is 5.78 Å². The first-order valence-corrected chi connectivity index (χ1v) is 6.00. The Balaban J connectivity index is 2.32. The van der Waals surface area contributed by atoms with E-state index in [1.54, 1.807) is 0 Å². The van der Waals surface area contributed by atoms with Crippen molar-refractivity contribution in [3.05, 3.63) is 58.7 Å². The highest BCUT2D eigenvalue weighted by molar-refractivity contribution is 6.22. The number of rotatable bonds is 1. The molecule has 0 saturated carbocycles. The SMILES string of the molecule is CCc1ccc2c(c1)C(=O)c1cccc(C)c1-2. The standard InChI is InChI=1S/C16H14O/c1-3-11-7-8-12-14(9-11)16(17)13-6-4-5-10(2)15(12)13/h4-9H,3H2,1-2H3. The van der Waals surface area contributed by atoms with E-state index in [2.05, 4.69) is 32.0 Å². The van der Waals surface area contributed by atoms with Crippen LogP contribution in [0.2, 0.25) is 0 Å². The average Bonchev–Trinajstić information content (AvgIpc) is 2.64. The van der Waals surface area contributed by atoms with Crippen LogP contribution in [0.25, 0.3) is 11.1 Å². The van der Waals surface area contributed by atoms with Gasteiger partial charge in [0, 0.05) is 11.1 Å². The van der Waals surface area contributed by atoms with Crippen LogP contribution in [-0.2, 0) is 6.42 Å². The molecular weight excluding hydrogens is 208 g/mol. The number of hydrogen-bond donors (Lipinski definition) is 0. The maximum Gasteiger partial charge on any atom is 0.194 e. The summed E-state index contributed by atoms with van der Waals surface area (Å²) in [4.78, 5) is 12.3. The smallest absolute Gasteiger partial charge is 0.194 e. The molecule has 0 aromatic heterocycles. The first kappa shape index (κ1) is 10.3. The Morgan fingerprint density at radius 2 is 1.82 bits per heavy atom. The summed E-state index contributed by atoms with van der Waals surface area (Å²) in [7, 11) is 0. The molecule has 0 spiro atoms. The molecule has 0 aliphatic heterocycles. The van der Waals surface area contributed by atoms with Gasteiger partial charge >= 0.3 is 0 Å². The van der Waals surface area contributed by atoms with Crippen LogP contribution in [0.15, 0.2) is 36.4 Å². The van der Waals surface area contributed by atoms with Gasteiger partial charge in [0.25, 0.3) is 0 Å². The molecule has 0 saturated heterocycles. The molecule has 0 fully saturated rings. The lowest BCUT2D eigenvalue weighted by Crippen LogP contribution is -1.95. The number of aryl methyl sites for hydroxylation is 2. The molecule has 0 N–H and O–H groups in total. The summed E-state index contributed by atoms with van der Waals surface area (Å²) < 4.78 is 0. The number of hydrogen-bond acceptors (Lipinski definition) is 1. The fourth-order valence-electron chi connectivity index (χ4n) is 2.58. The number of carbonyl (C=O) groups is 1. The van der Waals surface area contributed by atoms with Crippen LogP contribution in [0.4, 0.5) is 0 Å². The summed E-state index contributed by atoms with van der Waals surface area (Å²) >= 11 is 0. The van der Waals surface area contributed by atoms with E-state index in [9.17, 15) is 4.79 Å². The van der Waals surface area contributed by atoms with Crippen molar-refractivity contribution < 1.29 is 4.79 Å². The molecule has 3 rings (SSSR count). The van der Waals surface area contributed by atoms with Crippen LogP contribution in [0.3, 0.4) is 0 Å². The van der Waals surface area contributed by atoms with E-state index in [0.29, 0.717) is 0 Å². The van der Waals surface area contributed by atoms with E-state index in [0.717, 1.165) is 28.7 Å². The van der Waals surface area contributed by atoms with Crippen molar-refractivity contribution in [3.63, 3.8) is 0 Å². The summed E-state index contributed by atoms with van der Waals surface area (Å²) in [5.41, 5.74) is 6.35. The van der Waals surface area contributed by atoms with Gasteiger partial charge in [-0.2, -0.15) is 0 Å². The van der Waals surface area contributed by atoms with Crippen molar-refractivity contribution in [1.82, 2.24) is 0 Å². The lowest BCUT2D eigenvalue weighted by Gasteiger charge is -2.04. The molecule has 17 heavy (non-hydrogen) atoms. The molecule has 0 heterocycles. The first-order valence-electron chi connectivity index (χ1n) is 6.00. The van der Waals surface area contributed by atoms with E-state index >= 15 is 0 Å². The molecule has 0 radical (unpaired) electrons. The largest absolute Gasteiger partial charge is 0.289 e. The van der Waals surface area contributed by atoms with Gasteiger partial charge in [0.15, 0.2) is 5.78 Å². The quantitative estimate of drug-likeness (QED) is 0.612. The minimum Gasteiger partial charge on any atom is -0.289 e. The minimum atomic E-state index is 0.175. The van der Waals surface area contributed by atoms with Gasteiger partial charge in [-0.25, -0.2) is 0 Å². The van der Waals surface area contributed by atoms with Crippen molar-refractivity contribution >= 4 is 5.78 Å². The Morgan fingerprint density at radius 1 is 1.00 bits per heavy atom. The highest BCUT2D eigenvalue weighted by atomic mass is 16.1. The van der Waals surface area contributed by atoms with Gasteiger partial charge in [0.1, 0.15) is 0 Å². The van der Waals surface area contributed by atoms with Crippen LogP contribution >= 0.6 is 0 Å². The Hall–Kier alpha value is -1.89. The summed E-state index contributed by atoms with van der Waals surface area (Å²) in [5, 5.41) is 0. The van der Waals surface area contributed by atoms with Crippen LogP contribution in [0.5, 0.6) is 0 Å². The lowest BCUT2D eigenvalue weighted by atomic mass is 9.99. The topological polar surface area (TPSA) is 17.1 Å². The fourth-order valence-corrected chi connectivity index (χ4v) is 2.58. The molecule has 0 unspecified atom stereocenters. The Labute approximate surface area is 101 Å². The molecular formula is C16H14O. The van der Waals surface area contributed by atoms with Crippen LogP contribution < -0.4 is 0 Å². The summed E-state index contributed by atoms with van der Waals surface area (Å²) in [6, 6.07) is 12.2. The number of ketones is 1. The molecule has 84 valence electrons. The molecule has 1 nitrogen and oxygen atoms in total. The van der Waals surface area contributed by atoms with E-state index in [1.807, 2.05) is 18.2 Å². The third-order valence-electron chi connectivity index (χ3n) is 3.52. The number of benzene rings is 2. The van der Waals surface area contributed by atoms with Gasteiger partial charge in [0.2, 0.25) is 0 Å². The Kier molecular flexibility index (Phi) is 2.15. The van der Waals surface area contributed by atoms with Crippen molar-refractivity contribution in [2.45, 2.75) is 20.3 Å². The predicted octanol–water partition coefficient (Wildman–Crippen LogP) is 3.77. The minimum absolute atomic E-state index is 0.175. The zero-order valence-electron chi connectivity index (χ0n) is 10.1. The molecule has 2 aromatic carbocycles. The molecule has 2 aromatic rings. The van der Waals surface area contributed by atoms with Gasteiger partial charge < -0.3 is 0 Å². The van der Waals surface area contributed by atoms with Gasteiger partial charge in [0.05, 0.1) is 0 Å². The van der Waals surface area contributed by atoms with Crippen LogP contribution in [0.1, 0.15) is 34.0 Å². The van der Waals surface area contributed by atoms with Crippen molar-refractivity contribution in [2.24, 2.45) is 0 Å². The summed E-state index contributed by atoms with van der Waals surface area (Å²) in [6.07, 6.45) is 0.968. The summed E-state index contributed by atoms with van der Waals surface area (Å²) in [6.45, 7) is 4.18. The van der Waals surface area contributed by atoms with Gasteiger partial charge in [-0.3, -0.25) is 4.79 Å². The molecule has 0 atom stereocenters. The maximum absolute atomic E-state index is 12.3. The number of carbonyl (C=O) groups excluding carboxylic acids is 1. The predicted molar refractivity (Wildman–Crippen MR) is 69.4 cm³/mol. The van der Waals surface area contributed by atoms with Gasteiger partial charge in [-0.15, -0.1) is 0 Å². The molecule has 0 bridgehead atoms. The van der Waals surface area contributed by atoms with Crippen LogP contribution in [-0.4, -0.2) is 5.78 Å². The zero-order valence-corrected chi connectivity index (χ0v) is 10.1. The highest BCUT2D eigenvalue weighted by Crippen LogP contribution is 2.38. The molecule has 1 aliphatic rings. The summed E-state index contributed by atoms with van der Waals surface area (Å²) in [5.74, 6) is 0.175. The second-order valence-corrected chi connectivity index (χ2v) is 4.56. The Bertz CT molecular complexity index is 623. The fraction of sp³-hybridized carbons (Fsp3) is 0.188. The second-order valence-electron chi connectivity index (χ2n) is 4.56. The second kappa shape index (κ2) is 3.56. The molecule has 1 heteroatoms. The first-order chi connectivity index (χ1) is 8.22. The molecule has 0 amide bonds. The molecule has 1 aliphatic carbocycles. The number of fused-ring (bicyclic) bond motifs is 3. The third kappa shape index (κ3) is 1.35. The van der Waals surface area contributed by atoms with E-state index in [4.69, 9.17) is 0 Å². The van der Waals surface area contributed by atoms with Gasteiger partial charge in [-0.05, 0) is 41.7 Å². The monoisotopic (exact) mass is 222 g/mol. The Morgan fingerprint density at radius 3 is 2.59 bits per heavy atom. The van der Waals surface area contributed by atoms with Crippen molar-refractivity contribution in [2.75, 3.05) is 0 Å². The lowest BCUT2D eigenvalue weighted by molar-refractivity contribution is 0.104. The normalized spacial score (nSPS) is 12.5. The maximum atomic E-state index is 12.3. The van der Waals surface area contributed by atoms with Crippen molar-refractivity contribution in [3.8, 4) is 11.1 Å². The third-order valence-corrected chi connectivity index (χ3v) is 3.52. The highest BCUT2D eigenvalue weighted by Gasteiger charge is 2.27. The van der Waals surface area contributed by atoms with E-state index < -0.39 is 0 Å². The van der Waals surface area contributed by atoms with Crippen LogP contribution in [0, 0.1) is 6.92 Å². The zero-order chi connectivity index (χ0) is 12.0. The van der Waals surface area contributed by atoms with Gasteiger partial charge in [-0.1, -0.05) is 37.3 Å². The average molecular weight is 222 g/mol. The van der Waals surface area contributed by atoms with E-state index in [1.165, 1.54) is 11.1 Å². The van der Waals surface area contributed by atoms with Crippen molar-refractivity contribution in [1.29, 1.82) is 0 Å².